The first-order valence-electron chi connectivity index (χ1n) is 12.3. The third-order valence-corrected chi connectivity index (χ3v) is 7.03. The Morgan fingerprint density at radius 1 is 1.10 bits per heavy atom. The maximum atomic E-state index is 14.1. The Labute approximate surface area is 243 Å². The van der Waals surface area contributed by atoms with Crippen molar-refractivity contribution in [3.63, 3.8) is 0 Å². The third-order valence-electron chi connectivity index (χ3n) is 6.57. The number of amides is 1. The number of carbonyl (C=O) groups is 1. The topological polar surface area (TPSA) is 153 Å². The molecule has 5 rings (SSSR count). The van der Waals surface area contributed by atoms with E-state index in [1.165, 1.54) is 42.1 Å². The van der Waals surface area contributed by atoms with Gasteiger partial charge in [-0.3, -0.25) is 14.5 Å². The summed E-state index contributed by atoms with van der Waals surface area (Å²) in [5, 5.41) is 4.44. The Morgan fingerprint density at radius 2 is 1.85 bits per heavy atom. The lowest BCUT2D eigenvalue weighted by atomic mass is 10.0. The minimum atomic E-state index is -0.771. The summed E-state index contributed by atoms with van der Waals surface area (Å²) < 4.78 is 13.8. The minimum absolute atomic E-state index is 0.0930. The summed E-state index contributed by atoms with van der Waals surface area (Å²) in [5.41, 5.74) is 10.2. The molecule has 3 aromatic heterocycles. The monoisotopic (exact) mass is 595 g/mol. The first-order chi connectivity index (χ1) is 19.8. The van der Waals surface area contributed by atoms with Gasteiger partial charge in [0.25, 0.3) is 11.5 Å². The van der Waals surface area contributed by atoms with E-state index < -0.39 is 17.5 Å². The number of fused-ring (bicyclic) bond motifs is 1. The lowest BCUT2D eigenvalue weighted by Gasteiger charge is -2.27. The van der Waals surface area contributed by atoms with E-state index in [0.717, 1.165) is 0 Å². The van der Waals surface area contributed by atoms with Gasteiger partial charge in [0.2, 0.25) is 5.88 Å². The number of azide groups is 1. The fourth-order valence-electron chi connectivity index (χ4n) is 4.82. The van der Waals surface area contributed by atoms with Crippen LogP contribution >= 0.6 is 23.2 Å². The van der Waals surface area contributed by atoms with Gasteiger partial charge in [-0.2, -0.15) is 4.98 Å². The van der Waals surface area contributed by atoms with Crippen molar-refractivity contribution < 1.29 is 14.3 Å². The number of methoxy groups -OCH3 is 2. The molecule has 1 amide bonds. The summed E-state index contributed by atoms with van der Waals surface area (Å²) in [6.45, 7) is 0.516. The van der Waals surface area contributed by atoms with Crippen molar-refractivity contribution in [3.8, 4) is 23.3 Å². The van der Waals surface area contributed by atoms with E-state index in [0.29, 0.717) is 40.6 Å². The number of aromatic nitrogens is 5. The molecule has 4 heterocycles. The SMILES string of the molecule is COc1ncc(-c2nc3c(n2CCCN=[N+]=[N-])C(c2ccc(Cl)cc2)N(c2cc(Cl)cn(C)c2=O)C3=O)c(OC)n1. The molecule has 0 spiro atoms. The Bertz CT molecular complexity index is 1750. The zero-order valence-corrected chi connectivity index (χ0v) is 23.7. The summed E-state index contributed by atoms with van der Waals surface area (Å²) in [4.78, 5) is 44.9. The van der Waals surface area contributed by atoms with Crippen molar-refractivity contribution in [3.05, 3.63) is 90.5 Å². The van der Waals surface area contributed by atoms with Crippen molar-refractivity contribution in [2.45, 2.75) is 19.0 Å². The lowest BCUT2D eigenvalue weighted by Crippen LogP contribution is -2.35. The van der Waals surface area contributed by atoms with Crippen LogP contribution in [0.2, 0.25) is 10.0 Å². The number of nitrogens with zero attached hydrogens (tertiary/aromatic N) is 9. The summed E-state index contributed by atoms with van der Waals surface area (Å²) in [6, 6.07) is 7.76. The molecule has 15 heteroatoms. The highest BCUT2D eigenvalue weighted by Gasteiger charge is 2.45. The number of hydrogen-bond donors (Lipinski definition) is 0. The Kier molecular flexibility index (Phi) is 7.84. The number of benzene rings is 1. The number of imidazole rings is 1. The summed E-state index contributed by atoms with van der Waals surface area (Å²) >= 11 is 12.5. The number of aryl methyl sites for hydroxylation is 1. The molecule has 0 bridgehead atoms. The van der Waals surface area contributed by atoms with Crippen molar-refractivity contribution in [1.29, 1.82) is 0 Å². The Morgan fingerprint density at radius 3 is 2.54 bits per heavy atom. The third kappa shape index (κ3) is 5.06. The second-order valence-electron chi connectivity index (χ2n) is 9.00. The molecule has 0 N–H and O–H groups in total. The van der Waals surface area contributed by atoms with Gasteiger partial charge in [-0.15, -0.1) is 0 Å². The second kappa shape index (κ2) is 11.5. The average molecular weight is 596 g/mol. The highest BCUT2D eigenvalue weighted by molar-refractivity contribution is 6.31. The number of halogens is 2. The predicted molar refractivity (Wildman–Crippen MR) is 152 cm³/mol. The fraction of sp³-hybridized carbons (Fsp3) is 0.269. The van der Waals surface area contributed by atoms with Gasteiger partial charge in [-0.1, -0.05) is 40.4 Å². The predicted octanol–water partition coefficient (Wildman–Crippen LogP) is 4.81. The highest BCUT2D eigenvalue weighted by atomic mass is 35.5. The van der Waals surface area contributed by atoms with Gasteiger partial charge in [-0.05, 0) is 35.7 Å². The molecular weight excluding hydrogens is 573 g/mol. The average Bonchev–Trinajstić information content (AvgIpc) is 3.47. The highest BCUT2D eigenvalue weighted by Crippen LogP contribution is 2.44. The fourth-order valence-corrected chi connectivity index (χ4v) is 5.19. The van der Waals surface area contributed by atoms with E-state index in [1.54, 1.807) is 31.3 Å². The molecule has 1 aliphatic heterocycles. The summed E-state index contributed by atoms with van der Waals surface area (Å²) in [6.07, 6.45) is 3.40. The Hall–Kier alpha value is -4.58. The number of anilines is 1. The van der Waals surface area contributed by atoms with Crippen LogP contribution in [-0.2, 0) is 13.6 Å². The van der Waals surface area contributed by atoms with Crippen molar-refractivity contribution >= 4 is 34.8 Å². The molecule has 41 heavy (non-hydrogen) atoms. The van der Waals surface area contributed by atoms with Crippen LogP contribution in [-0.4, -0.2) is 50.8 Å². The van der Waals surface area contributed by atoms with Crippen LogP contribution < -0.4 is 19.9 Å². The van der Waals surface area contributed by atoms with Gasteiger partial charge in [0.1, 0.15) is 17.6 Å². The number of hydrogen-bond acceptors (Lipinski definition) is 8. The molecule has 4 aromatic rings. The number of rotatable bonds is 9. The molecule has 1 aliphatic rings. The number of carbonyl (C=O) groups excluding carboxylic acids is 1. The van der Waals surface area contributed by atoms with Crippen LogP contribution in [0.15, 0.2) is 52.6 Å². The van der Waals surface area contributed by atoms with E-state index in [4.69, 9.17) is 43.2 Å². The van der Waals surface area contributed by atoms with Crippen LogP contribution in [0.1, 0.15) is 34.2 Å². The molecular formula is C26H23Cl2N9O4. The van der Waals surface area contributed by atoms with E-state index in [2.05, 4.69) is 20.0 Å². The molecule has 0 radical (unpaired) electrons. The van der Waals surface area contributed by atoms with Crippen LogP contribution in [0.25, 0.3) is 21.8 Å². The van der Waals surface area contributed by atoms with E-state index in [-0.39, 0.29) is 34.8 Å². The van der Waals surface area contributed by atoms with Crippen molar-refractivity contribution in [1.82, 2.24) is 24.1 Å². The second-order valence-corrected chi connectivity index (χ2v) is 9.87. The van der Waals surface area contributed by atoms with E-state index in [9.17, 15) is 9.59 Å². The Balaban J connectivity index is 1.78. The lowest BCUT2D eigenvalue weighted by molar-refractivity contribution is 0.0989. The smallest absolute Gasteiger partial charge is 0.319 e. The van der Waals surface area contributed by atoms with Crippen molar-refractivity contribution in [2.75, 3.05) is 25.7 Å². The summed E-state index contributed by atoms with van der Waals surface area (Å²) in [7, 11) is 4.45. The van der Waals surface area contributed by atoms with Crippen LogP contribution in [0.4, 0.5) is 5.69 Å². The molecule has 0 fully saturated rings. The van der Waals surface area contributed by atoms with Gasteiger partial charge in [0.15, 0.2) is 5.69 Å². The van der Waals surface area contributed by atoms with Gasteiger partial charge in [0, 0.05) is 42.5 Å². The van der Waals surface area contributed by atoms with Crippen molar-refractivity contribution in [2.24, 2.45) is 12.2 Å². The molecule has 1 aromatic carbocycles. The first kappa shape index (κ1) is 28.0. The quantitative estimate of drug-likeness (QED) is 0.116. The zero-order valence-electron chi connectivity index (χ0n) is 22.2. The minimum Gasteiger partial charge on any atom is -0.480 e. The zero-order chi connectivity index (χ0) is 29.3. The maximum absolute atomic E-state index is 14.1. The van der Waals surface area contributed by atoms with Crippen LogP contribution in [0, 0.1) is 0 Å². The standard InChI is InChI=1S/C26H23Cl2N9O4/c1-35-13-16(28)11-18(24(35)38)37-20(14-5-7-15(27)8-6-14)21-19(25(37)39)32-22(36(21)10-4-9-31-34-29)17-12-30-26(41-3)33-23(17)40-2/h5-8,11-13,20H,4,9-10H2,1-3H3. The normalized spacial score (nSPS) is 14.1. The molecule has 0 aliphatic carbocycles. The largest absolute Gasteiger partial charge is 0.480 e. The molecule has 0 saturated heterocycles. The van der Waals surface area contributed by atoms with Gasteiger partial charge >= 0.3 is 6.01 Å². The first-order valence-corrected chi connectivity index (χ1v) is 13.1. The van der Waals surface area contributed by atoms with Gasteiger partial charge in [0.05, 0.1) is 30.5 Å². The van der Waals surface area contributed by atoms with E-state index in [1.807, 2.05) is 4.57 Å². The maximum Gasteiger partial charge on any atom is 0.319 e. The number of pyridine rings is 1. The summed E-state index contributed by atoms with van der Waals surface area (Å²) in [5.74, 6) is 0.0528. The molecule has 0 saturated carbocycles. The molecule has 1 atom stereocenters. The molecule has 1 unspecified atom stereocenters. The van der Waals surface area contributed by atoms with Crippen LogP contribution in [0.3, 0.4) is 0 Å². The van der Waals surface area contributed by atoms with Gasteiger partial charge in [-0.25, -0.2) is 9.97 Å². The molecule has 210 valence electrons. The van der Waals surface area contributed by atoms with Crippen LogP contribution in [0.5, 0.6) is 11.9 Å². The molecule has 13 nitrogen and oxygen atoms in total. The van der Waals surface area contributed by atoms with E-state index >= 15 is 0 Å². The number of ether oxygens (including phenoxy) is 2. The van der Waals surface area contributed by atoms with Gasteiger partial charge < -0.3 is 18.6 Å².